The van der Waals surface area contributed by atoms with Gasteiger partial charge in [0, 0.05) is 32.2 Å². The van der Waals surface area contributed by atoms with Crippen LogP contribution in [0.5, 0.6) is 5.75 Å². The third-order valence-electron chi connectivity index (χ3n) is 3.49. The van der Waals surface area contributed by atoms with Gasteiger partial charge in [0.1, 0.15) is 11.4 Å². The van der Waals surface area contributed by atoms with Gasteiger partial charge in [-0.3, -0.25) is 4.90 Å². The first-order chi connectivity index (χ1) is 8.96. The third kappa shape index (κ3) is 4.22. The van der Waals surface area contributed by atoms with Crippen molar-refractivity contribution in [1.82, 2.24) is 10.2 Å². The van der Waals surface area contributed by atoms with E-state index in [0.29, 0.717) is 6.04 Å². The Labute approximate surface area is 116 Å². The van der Waals surface area contributed by atoms with Crippen LogP contribution in [0.2, 0.25) is 0 Å². The molecule has 1 fully saturated rings. The van der Waals surface area contributed by atoms with Crippen LogP contribution in [0.15, 0.2) is 24.3 Å². The highest BCUT2D eigenvalue weighted by Crippen LogP contribution is 2.24. The summed E-state index contributed by atoms with van der Waals surface area (Å²) in [6, 6.07) is 9.02. The zero-order valence-electron chi connectivity index (χ0n) is 12.6. The lowest BCUT2D eigenvalue weighted by molar-refractivity contribution is 0.130. The Morgan fingerprint density at radius 1 is 1.11 bits per heavy atom. The summed E-state index contributed by atoms with van der Waals surface area (Å²) in [5.41, 5.74) is 1.23. The molecular formula is C16H26N2O. The van der Waals surface area contributed by atoms with Crippen LogP contribution in [0.25, 0.3) is 0 Å². The highest BCUT2D eigenvalue weighted by Gasteiger charge is 2.18. The van der Waals surface area contributed by atoms with E-state index in [1.165, 1.54) is 5.56 Å². The van der Waals surface area contributed by atoms with Gasteiger partial charge in [-0.05, 0) is 45.4 Å². The van der Waals surface area contributed by atoms with E-state index in [1.807, 2.05) is 0 Å². The molecule has 1 aromatic rings. The number of hydrogen-bond acceptors (Lipinski definition) is 3. The monoisotopic (exact) mass is 262 g/mol. The Hall–Kier alpha value is -1.06. The SMILES string of the molecule is C[C@@H](c1ccc(OC(C)(C)C)cc1)N1CCNCC1. The molecule has 0 saturated carbocycles. The summed E-state index contributed by atoms with van der Waals surface area (Å²) in [5.74, 6) is 0.948. The Balaban J connectivity index is 2.01. The Bertz CT molecular complexity index is 388. The summed E-state index contributed by atoms with van der Waals surface area (Å²) >= 11 is 0. The summed E-state index contributed by atoms with van der Waals surface area (Å²) in [6.45, 7) is 12.9. The number of hydrogen-bond donors (Lipinski definition) is 1. The minimum Gasteiger partial charge on any atom is -0.488 e. The normalized spacial score (nSPS) is 19.2. The van der Waals surface area contributed by atoms with Crippen molar-refractivity contribution in [3.05, 3.63) is 29.8 Å². The second-order valence-corrected chi connectivity index (χ2v) is 6.25. The number of nitrogens with zero attached hydrogens (tertiary/aromatic N) is 1. The maximum absolute atomic E-state index is 5.86. The number of ether oxygens (including phenoxy) is 1. The van der Waals surface area contributed by atoms with Crippen LogP contribution in [0.4, 0.5) is 0 Å². The standard InChI is InChI=1S/C16H26N2O/c1-13(18-11-9-17-10-12-18)14-5-7-15(8-6-14)19-16(2,3)4/h5-8,13,17H,9-12H2,1-4H3/t13-/m0/s1. The number of rotatable bonds is 3. The molecule has 0 unspecified atom stereocenters. The van der Waals surface area contributed by atoms with Crippen molar-refractivity contribution in [3.8, 4) is 5.75 Å². The number of benzene rings is 1. The lowest BCUT2D eigenvalue weighted by atomic mass is 10.1. The van der Waals surface area contributed by atoms with Gasteiger partial charge in [0.25, 0.3) is 0 Å². The van der Waals surface area contributed by atoms with E-state index >= 15 is 0 Å². The van der Waals surface area contributed by atoms with Crippen molar-refractivity contribution in [1.29, 1.82) is 0 Å². The van der Waals surface area contributed by atoms with Crippen LogP contribution in [-0.2, 0) is 0 Å². The van der Waals surface area contributed by atoms with Crippen LogP contribution in [-0.4, -0.2) is 36.7 Å². The molecule has 19 heavy (non-hydrogen) atoms. The fourth-order valence-electron chi connectivity index (χ4n) is 2.45. The fraction of sp³-hybridized carbons (Fsp3) is 0.625. The van der Waals surface area contributed by atoms with Gasteiger partial charge in [0.2, 0.25) is 0 Å². The van der Waals surface area contributed by atoms with E-state index in [0.717, 1.165) is 31.9 Å². The Morgan fingerprint density at radius 3 is 2.21 bits per heavy atom. The van der Waals surface area contributed by atoms with E-state index < -0.39 is 0 Å². The molecule has 1 aliphatic rings. The minimum absolute atomic E-state index is 0.133. The van der Waals surface area contributed by atoms with Gasteiger partial charge in [-0.2, -0.15) is 0 Å². The molecule has 0 bridgehead atoms. The van der Waals surface area contributed by atoms with Crippen molar-refractivity contribution >= 4 is 0 Å². The van der Waals surface area contributed by atoms with Gasteiger partial charge in [-0.15, -0.1) is 0 Å². The van der Waals surface area contributed by atoms with Gasteiger partial charge in [-0.1, -0.05) is 12.1 Å². The first kappa shape index (κ1) is 14.4. The van der Waals surface area contributed by atoms with Gasteiger partial charge >= 0.3 is 0 Å². The first-order valence-electron chi connectivity index (χ1n) is 7.19. The summed E-state index contributed by atoms with van der Waals surface area (Å²) in [7, 11) is 0. The molecular weight excluding hydrogens is 236 g/mol. The topological polar surface area (TPSA) is 24.5 Å². The largest absolute Gasteiger partial charge is 0.488 e. The molecule has 2 rings (SSSR count). The van der Waals surface area contributed by atoms with Gasteiger partial charge < -0.3 is 10.1 Å². The van der Waals surface area contributed by atoms with Gasteiger partial charge in [-0.25, -0.2) is 0 Å². The Kier molecular flexibility index (Phi) is 4.48. The van der Waals surface area contributed by atoms with Crippen LogP contribution >= 0.6 is 0 Å². The third-order valence-corrected chi connectivity index (χ3v) is 3.49. The van der Waals surface area contributed by atoms with E-state index in [-0.39, 0.29) is 5.60 Å². The summed E-state index contributed by atoms with van der Waals surface area (Å²) < 4.78 is 5.86. The zero-order chi connectivity index (χ0) is 13.9. The lowest BCUT2D eigenvalue weighted by Gasteiger charge is -2.33. The molecule has 1 heterocycles. The van der Waals surface area contributed by atoms with Crippen molar-refractivity contribution in [2.75, 3.05) is 26.2 Å². The molecule has 1 N–H and O–H groups in total. The smallest absolute Gasteiger partial charge is 0.120 e. The minimum atomic E-state index is -0.133. The number of nitrogens with one attached hydrogen (secondary N) is 1. The van der Waals surface area contributed by atoms with Crippen LogP contribution < -0.4 is 10.1 Å². The zero-order valence-corrected chi connectivity index (χ0v) is 12.6. The van der Waals surface area contributed by atoms with Crippen LogP contribution in [0.3, 0.4) is 0 Å². The molecule has 0 aliphatic carbocycles. The second kappa shape index (κ2) is 5.93. The average Bonchev–Trinajstić information content (AvgIpc) is 2.38. The predicted octanol–water partition coefficient (Wildman–Crippen LogP) is 2.83. The molecule has 1 aromatic carbocycles. The molecule has 3 heteroatoms. The van der Waals surface area contributed by atoms with E-state index in [4.69, 9.17) is 4.74 Å². The molecule has 3 nitrogen and oxygen atoms in total. The maximum Gasteiger partial charge on any atom is 0.120 e. The van der Waals surface area contributed by atoms with Crippen molar-refractivity contribution in [3.63, 3.8) is 0 Å². The van der Waals surface area contributed by atoms with E-state index in [2.05, 4.69) is 62.2 Å². The summed E-state index contributed by atoms with van der Waals surface area (Å²) in [5, 5.41) is 3.39. The van der Waals surface area contributed by atoms with Gasteiger partial charge in [0.15, 0.2) is 0 Å². The molecule has 1 aliphatic heterocycles. The van der Waals surface area contributed by atoms with Crippen LogP contribution in [0, 0.1) is 0 Å². The molecule has 106 valence electrons. The van der Waals surface area contributed by atoms with Crippen molar-refractivity contribution in [2.24, 2.45) is 0 Å². The second-order valence-electron chi connectivity index (χ2n) is 6.25. The first-order valence-corrected chi connectivity index (χ1v) is 7.19. The van der Waals surface area contributed by atoms with E-state index in [1.54, 1.807) is 0 Å². The quantitative estimate of drug-likeness (QED) is 0.906. The molecule has 1 saturated heterocycles. The van der Waals surface area contributed by atoms with Gasteiger partial charge in [0.05, 0.1) is 0 Å². The summed E-state index contributed by atoms with van der Waals surface area (Å²) in [4.78, 5) is 2.52. The predicted molar refractivity (Wildman–Crippen MR) is 79.7 cm³/mol. The molecule has 0 radical (unpaired) electrons. The molecule has 0 amide bonds. The van der Waals surface area contributed by atoms with Crippen LogP contribution in [0.1, 0.15) is 39.3 Å². The summed E-state index contributed by atoms with van der Waals surface area (Å²) in [6.07, 6.45) is 0. The number of piperazine rings is 1. The molecule has 0 spiro atoms. The molecule has 1 atom stereocenters. The molecule has 0 aromatic heterocycles. The highest BCUT2D eigenvalue weighted by molar-refractivity contribution is 5.29. The van der Waals surface area contributed by atoms with Crippen molar-refractivity contribution < 1.29 is 4.74 Å². The maximum atomic E-state index is 5.86. The fourth-order valence-corrected chi connectivity index (χ4v) is 2.45. The van der Waals surface area contributed by atoms with E-state index in [9.17, 15) is 0 Å². The lowest BCUT2D eigenvalue weighted by Crippen LogP contribution is -2.44. The van der Waals surface area contributed by atoms with Crippen molar-refractivity contribution in [2.45, 2.75) is 39.3 Å². The Morgan fingerprint density at radius 2 is 1.68 bits per heavy atom. The highest BCUT2D eigenvalue weighted by atomic mass is 16.5. The average molecular weight is 262 g/mol.